The van der Waals surface area contributed by atoms with Crippen LogP contribution in [0.2, 0.25) is 0 Å². The van der Waals surface area contributed by atoms with Crippen LogP contribution in [0.15, 0.2) is 24.3 Å². The van der Waals surface area contributed by atoms with E-state index in [-0.39, 0.29) is 18.9 Å². The smallest absolute Gasteiger partial charge is 0.137 e. The van der Waals surface area contributed by atoms with Gasteiger partial charge in [0.05, 0.1) is 19.3 Å². The molecule has 0 spiro atoms. The largest absolute Gasteiger partial charge is 0.494 e. The van der Waals surface area contributed by atoms with Crippen molar-refractivity contribution in [1.82, 2.24) is 4.90 Å². The summed E-state index contributed by atoms with van der Waals surface area (Å²) in [5, 5.41) is 9.19. The maximum atomic E-state index is 9.19. The quantitative estimate of drug-likeness (QED) is 0.866. The van der Waals surface area contributed by atoms with E-state index in [0.29, 0.717) is 6.61 Å². The number of nitrogens with zero attached hydrogens (tertiary/aromatic N) is 1. The van der Waals surface area contributed by atoms with Crippen LogP contribution in [0.1, 0.15) is 25.6 Å². The lowest BCUT2D eigenvalue weighted by atomic mass is 10.2. The van der Waals surface area contributed by atoms with Gasteiger partial charge in [0.15, 0.2) is 0 Å². The molecule has 2 rings (SSSR count). The van der Waals surface area contributed by atoms with Crippen LogP contribution in [0.3, 0.4) is 0 Å². The van der Waals surface area contributed by atoms with Gasteiger partial charge in [0.2, 0.25) is 0 Å². The van der Waals surface area contributed by atoms with Crippen molar-refractivity contribution < 1.29 is 14.6 Å². The highest BCUT2D eigenvalue weighted by atomic mass is 16.5. The van der Waals surface area contributed by atoms with Gasteiger partial charge < -0.3 is 14.6 Å². The molecule has 0 aliphatic carbocycles. The molecule has 1 aromatic carbocycles. The van der Waals surface area contributed by atoms with Crippen LogP contribution in [0.5, 0.6) is 5.75 Å². The van der Waals surface area contributed by atoms with Gasteiger partial charge in [-0.1, -0.05) is 19.1 Å². The normalized spacial score (nSPS) is 24.4. The summed E-state index contributed by atoms with van der Waals surface area (Å²) in [7, 11) is 0. The topological polar surface area (TPSA) is 41.9 Å². The van der Waals surface area contributed by atoms with Crippen LogP contribution in [-0.2, 0) is 4.74 Å². The van der Waals surface area contributed by atoms with Gasteiger partial charge >= 0.3 is 0 Å². The van der Waals surface area contributed by atoms with Crippen molar-refractivity contribution in [2.75, 3.05) is 26.3 Å². The summed E-state index contributed by atoms with van der Waals surface area (Å²) in [5.74, 6) is 0.876. The van der Waals surface area contributed by atoms with Crippen LogP contribution in [0.4, 0.5) is 0 Å². The van der Waals surface area contributed by atoms with Crippen molar-refractivity contribution in [1.29, 1.82) is 0 Å². The van der Waals surface area contributed by atoms with E-state index in [4.69, 9.17) is 9.47 Å². The van der Waals surface area contributed by atoms with Gasteiger partial charge in [-0.05, 0) is 31.2 Å². The minimum absolute atomic E-state index is 0.0529. The van der Waals surface area contributed by atoms with Gasteiger partial charge in [0.25, 0.3) is 0 Å². The molecule has 4 nitrogen and oxygen atoms in total. The lowest BCUT2D eigenvalue weighted by Crippen LogP contribution is -2.25. The molecule has 4 heteroatoms. The average Bonchev–Trinajstić information content (AvgIpc) is 2.83. The first-order chi connectivity index (χ1) is 8.78. The molecule has 0 aromatic heterocycles. The van der Waals surface area contributed by atoms with E-state index in [2.05, 4.69) is 11.8 Å². The summed E-state index contributed by atoms with van der Waals surface area (Å²) in [6.07, 6.45) is -0.135. The van der Waals surface area contributed by atoms with Gasteiger partial charge in [-0.15, -0.1) is 0 Å². The van der Waals surface area contributed by atoms with E-state index in [9.17, 15) is 5.11 Å². The molecule has 2 atom stereocenters. The molecular weight excluding hydrogens is 230 g/mol. The number of benzene rings is 1. The molecule has 1 aromatic rings. The Morgan fingerprint density at radius 3 is 2.61 bits per heavy atom. The first-order valence-corrected chi connectivity index (χ1v) is 6.51. The second kappa shape index (κ2) is 6.18. The third kappa shape index (κ3) is 2.83. The summed E-state index contributed by atoms with van der Waals surface area (Å²) in [5.41, 5.74) is 1.11. The fourth-order valence-corrected chi connectivity index (χ4v) is 2.25. The van der Waals surface area contributed by atoms with Crippen molar-refractivity contribution in [2.24, 2.45) is 0 Å². The molecule has 0 radical (unpaired) electrons. The highest BCUT2D eigenvalue weighted by molar-refractivity contribution is 5.28. The molecule has 1 N–H and O–H groups in total. The monoisotopic (exact) mass is 251 g/mol. The molecule has 18 heavy (non-hydrogen) atoms. The van der Waals surface area contributed by atoms with Crippen LogP contribution in [-0.4, -0.2) is 42.4 Å². The highest BCUT2D eigenvalue weighted by Gasteiger charge is 2.32. The second-order valence-electron chi connectivity index (χ2n) is 4.38. The lowest BCUT2D eigenvalue weighted by molar-refractivity contribution is -0.0184. The maximum Gasteiger partial charge on any atom is 0.137 e. The predicted molar refractivity (Wildman–Crippen MR) is 69.6 cm³/mol. The third-order valence-electron chi connectivity index (χ3n) is 3.18. The molecule has 1 fully saturated rings. The van der Waals surface area contributed by atoms with E-state index in [0.717, 1.165) is 24.4 Å². The Balaban J connectivity index is 2.09. The number of likely N-dealkylation sites (N-methyl/N-ethyl adjacent to an activating group) is 1. The third-order valence-corrected chi connectivity index (χ3v) is 3.18. The van der Waals surface area contributed by atoms with E-state index in [1.807, 2.05) is 31.2 Å². The highest BCUT2D eigenvalue weighted by Crippen LogP contribution is 2.30. The van der Waals surface area contributed by atoms with Gasteiger partial charge in [-0.2, -0.15) is 0 Å². The van der Waals surface area contributed by atoms with Crippen LogP contribution >= 0.6 is 0 Å². The molecule has 2 unspecified atom stereocenters. The average molecular weight is 251 g/mol. The first kappa shape index (κ1) is 13.3. The van der Waals surface area contributed by atoms with Crippen LogP contribution in [0.25, 0.3) is 0 Å². The van der Waals surface area contributed by atoms with Crippen molar-refractivity contribution in [3.8, 4) is 5.75 Å². The number of hydrogen-bond acceptors (Lipinski definition) is 4. The molecule has 1 heterocycles. The van der Waals surface area contributed by atoms with E-state index in [1.54, 1.807) is 0 Å². The van der Waals surface area contributed by atoms with Gasteiger partial charge in [0.1, 0.15) is 12.0 Å². The molecule has 1 saturated heterocycles. The van der Waals surface area contributed by atoms with Crippen molar-refractivity contribution >= 4 is 0 Å². The van der Waals surface area contributed by atoms with Crippen molar-refractivity contribution in [3.63, 3.8) is 0 Å². The molecule has 100 valence electrons. The molecule has 1 aliphatic heterocycles. The van der Waals surface area contributed by atoms with E-state index in [1.165, 1.54) is 0 Å². The Morgan fingerprint density at radius 2 is 2.06 bits per heavy atom. The zero-order valence-electron chi connectivity index (χ0n) is 11.0. The van der Waals surface area contributed by atoms with Gasteiger partial charge in [-0.3, -0.25) is 4.90 Å². The fourth-order valence-electron chi connectivity index (χ4n) is 2.25. The lowest BCUT2D eigenvalue weighted by Gasteiger charge is -2.21. The molecule has 0 amide bonds. The summed E-state index contributed by atoms with van der Waals surface area (Å²) in [6, 6.07) is 7.97. The Kier molecular flexibility index (Phi) is 4.58. The number of rotatable bonds is 5. The Morgan fingerprint density at radius 1 is 1.33 bits per heavy atom. The van der Waals surface area contributed by atoms with Gasteiger partial charge in [-0.25, -0.2) is 0 Å². The minimum atomic E-state index is -0.0819. The number of ether oxygens (including phenoxy) is 2. The number of aliphatic hydroxyl groups excluding tert-OH is 1. The first-order valence-electron chi connectivity index (χ1n) is 6.51. The predicted octanol–water partition coefficient (Wildman–Crippen LogP) is 1.80. The number of aliphatic hydroxyl groups is 1. The van der Waals surface area contributed by atoms with Crippen LogP contribution < -0.4 is 4.74 Å². The molecular formula is C14H21NO3. The summed E-state index contributed by atoms with van der Waals surface area (Å²) >= 11 is 0. The van der Waals surface area contributed by atoms with Gasteiger partial charge in [0, 0.05) is 6.54 Å². The summed E-state index contributed by atoms with van der Waals surface area (Å²) in [6.45, 7) is 6.51. The van der Waals surface area contributed by atoms with E-state index < -0.39 is 0 Å². The summed E-state index contributed by atoms with van der Waals surface area (Å²) < 4.78 is 11.3. The Labute approximate surface area is 108 Å². The molecule has 1 aliphatic rings. The SMILES string of the molecule is CCOc1ccc(C2OC(CO)CN2CC)cc1. The Hall–Kier alpha value is -1.10. The Bertz CT molecular complexity index is 366. The van der Waals surface area contributed by atoms with Crippen LogP contribution in [0, 0.1) is 0 Å². The van der Waals surface area contributed by atoms with E-state index >= 15 is 0 Å². The minimum Gasteiger partial charge on any atom is -0.494 e. The zero-order chi connectivity index (χ0) is 13.0. The molecule has 0 bridgehead atoms. The summed E-state index contributed by atoms with van der Waals surface area (Å²) in [4.78, 5) is 2.22. The van der Waals surface area contributed by atoms with Crippen molar-refractivity contribution in [3.05, 3.63) is 29.8 Å². The van der Waals surface area contributed by atoms with Crippen molar-refractivity contribution in [2.45, 2.75) is 26.2 Å². The standard InChI is InChI=1S/C14H21NO3/c1-3-15-9-13(10-16)18-14(15)11-5-7-12(8-6-11)17-4-2/h5-8,13-14,16H,3-4,9-10H2,1-2H3. The maximum absolute atomic E-state index is 9.19. The number of hydrogen-bond donors (Lipinski definition) is 1. The zero-order valence-corrected chi connectivity index (χ0v) is 11.0. The molecule has 0 saturated carbocycles. The fraction of sp³-hybridized carbons (Fsp3) is 0.571. The second-order valence-corrected chi connectivity index (χ2v) is 4.38.